The summed E-state index contributed by atoms with van der Waals surface area (Å²) < 4.78 is 1.77. The molecule has 0 saturated heterocycles. The Morgan fingerprint density at radius 1 is 0.958 bits per heavy atom. The van der Waals surface area contributed by atoms with Crippen molar-refractivity contribution in [2.24, 2.45) is 0 Å². The van der Waals surface area contributed by atoms with E-state index in [0.717, 1.165) is 33.8 Å². The quantitative estimate of drug-likeness (QED) is 0.535. The van der Waals surface area contributed by atoms with E-state index in [1.54, 1.807) is 16.3 Å². The lowest BCUT2D eigenvalue weighted by Crippen LogP contribution is -1.98. The molecule has 6 nitrogen and oxygen atoms in total. The third-order valence-corrected chi connectivity index (χ3v) is 4.63. The number of aromatic nitrogens is 6. The molecule has 0 aliphatic carbocycles. The van der Waals surface area contributed by atoms with Gasteiger partial charge in [-0.2, -0.15) is 4.98 Å². The molecule has 4 rings (SSSR count). The largest absolute Gasteiger partial charge is 0.253 e. The lowest BCUT2D eigenvalue weighted by atomic mass is 10.2. The fraction of sp³-hybridized carbons (Fsp3) is 0.235. The summed E-state index contributed by atoms with van der Waals surface area (Å²) in [7, 11) is 0. The Morgan fingerprint density at radius 3 is 2.50 bits per heavy atom. The van der Waals surface area contributed by atoms with Crippen LogP contribution in [0.3, 0.4) is 0 Å². The van der Waals surface area contributed by atoms with E-state index in [0.29, 0.717) is 16.7 Å². The van der Waals surface area contributed by atoms with Crippen LogP contribution in [0.4, 0.5) is 0 Å². The van der Waals surface area contributed by atoms with E-state index in [2.05, 4.69) is 20.1 Å². The molecular formula is C17H16N6S. The van der Waals surface area contributed by atoms with Crippen LogP contribution in [0.1, 0.15) is 22.8 Å². The molecule has 0 fully saturated rings. The molecular weight excluding hydrogens is 320 g/mol. The summed E-state index contributed by atoms with van der Waals surface area (Å²) in [5.41, 5.74) is 5.70. The van der Waals surface area contributed by atoms with Gasteiger partial charge in [-0.3, -0.25) is 0 Å². The molecule has 0 radical (unpaired) electrons. The van der Waals surface area contributed by atoms with Gasteiger partial charge in [0, 0.05) is 17.1 Å². The number of nitrogens with zero attached hydrogens (tertiary/aromatic N) is 6. The first-order chi connectivity index (χ1) is 11.6. The van der Waals surface area contributed by atoms with Gasteiger partial charge >= 0.3 is 0 Å². The second-order valence-electron chi connectivity index (χ2n) is 5.68. The molecule has 7 heteroatoms. The van der Waals surface area contributed by atoms with Crippen LogP contribution in [0.5, 0.6) is 0 Å². The summed E-state index contributed by atoms with van der Waals surface area (Å²) in [6.45, 7) is 5.95. The van der Waals surface area contributed by atoms with Gasteiger partial charge in [0.1, 0.15) is 0 Å². The predicted molar refractivity (Wildman–Crippen MR) is 94.1 cm³/mol. The molecule has 3 aromatic heterocycles. The lowest BCUT2D eigenvalue weighted by molar-refractivity contribution is 0.842. The minimum absolute atomic E-state index is 0.635. The van der Waals surface area contributed by atoms with Crippen LogP contribution in [0.2, 0.25) is 0 Å². The van der Waals surface area contributed by atoms with Crippen LogP contribution >= 0.6 is 11.8 Å². The smallest absolute Gasteiger partial charge is 0.250 e. The Bertz CT molecular complexity index is 1060. The van der Waals surface area contributed by atoms with Gasteiger partial charge in [-0.15, -0.1) is 5.10 Å². The zero-order valence-electron chi connectivity index (χ0n) is 13.7. The van der Waals surface area contributed by atoms with Crippen LogP contribution in [0.15, 0.2) is 35.5 Å². The van der Waals surface area contributed by atoms with E-state index >= 15 is 0 Å². The van der Waals surface area contributed by atoms with Crippen molar-refractivity contribution >= 4 is 28.6 Å². The Kier molecular flexibility index (Phi) is 3.65. The van der Waals surface area contributed by atoms with Crippen molar-refractivity contribution in [3.8, 4) is 0 Å². The summed E-state index contributed by atoms with van der Waals surface area (Å²) in [5, 5.41) is 5.22. The molecule has 0 N–H and O–H groups in total. The number of thioether (sulfide) groups is 1. The molecule has 1 aromatic carbocycles. The summed E-state index contributed by atoms with van der Waals surface area (Å²) in [4.78, 5) is 18.3. The fourth-order valence-corrected chi connectivity index (χ4v) is 3.43. The third kappa shape index (κ3) is 2.71. The SMILES string of the molecule is Cc1cc(C)n2nc(SCc3nc4ccccc4nc3C)nc2n1. The lowest BCUT2D eigenvalue weighted by Gasteiger charge is -2.04. The molecule has 3 heterocycles. The molecule has 120 valence electrons. The van der Waals surface area contributed by atoms with Crippen LogP contribution in [-0.4, -0.2) is 29.5 Å². The number of benzene rings is 1. The predicted octanol–water partition coefficient (Wildman–Crippen LogP) is 3.29. The fourth-order valence-electron chi connectivity index (χ4n) is 2.60. The number of hydrogen-bond acceptors (Lipinski definition) is 6. The van der Waals surface area contributed by atoms with E-state index < -0.39 is 0 Å². The zero-order chi connectivity index (χ0) is 16.7. The number of para-hydroxylation sites is 2. The zero-order valence-corrected chi connectivity index (χ0v) is 14.5. The highest BCUT2D eigenvalue weighted by Crippen LogP contribution is 2.22. The Labute approximate surface area is 143 Å². The van der Waals surface area contributed by atoms with Gasteiger partial charge in [0.05, 0.1) is 22.4 Å². The molecule has 0 bridgehead atoms. The maximum absolute atomic E-state index is 4.71. The van der Waals surface area contributed by atoms with Crippen LogP contribution in [0, 0.1) is 20.8 Å². The standard InChI is InChI=1S/C17H16N6S/c1-10-8-11(2)23-16(18-10)21-17(22-23)24-9-15-12(3)19-13-6-4-5-7-14(13)20-15/h4-8H,9H2,1-3H3. The highest BCUT2D eigenvalue weighted by Gasteiger charge is 2.11. The first kappa shape index (κ1) is 15.0. The maximum Gasteiger partial charge on any atom is 0.253 e. The van der Waals surface area contributed by atoms with Gasteiger partial charge in [-0.05, 0) is 39.0 Å². The van der Waals surface area contributed by atoms with E-state index in [1.807, 2.05) is 51.1 Å². The maximum atomic E-state index is 4.71. The minimum atomic E-state index is 0.635. The normalized spacial score (nSPS) is 11.5. The molecule has 0 aliphatic rings. The molecule has 0 spiro atoms. The first-order valence-electron chi connectivity index (χ1n) is 7.66. The first-order valence-corrected chi connectivity index (χ1v) is 8.65. The molecule has 0 saturated carbocycles. The average molecular weight is 336 g/mol. The van der Waals surface area contributed by atoms with Crippen LogP contribution in [0.25, 0.3) is 16.8 Å². The van der Waals surface area contributed by atoms with Crippen molar-refractivity contribution in [1.82, 2.24) is 29.5 Å². The Hall–Kier alpha value is -2.54. The summed E-state index contributed by atoms with van der Waals surface area (Å²) in [6, 6.07) is 9.91. The van der Waals surface area contributed by atoms with E-state index in [-0.39, 0.29) is 0 Å². The van der Waals surface area contributed by atoms with Gasteiger partial charge in [0.2, 0.25) is 5.16 Å². The van der Waals surface area contributed by atoms with Gasteiger partial charge in [0.15, 0.2) is 0 Å². The van der Waals surface area contributed by atoms with Gasteiger partial charge < -0.3 is 0 Å². The highest BCUT2D eigenvalue weighted by molar-refractivity contribution is 7.98. The van der Waals surface area contributed by atoms with Crippen molar-refractivity contribution in [3.63, 3.8) is 0 Å². The number of hydrogen-bond donors (Lipinski definition) is 0. The Morgan fingerprint density at radius 2 is 1.71 bits per heavy atom. The van der Waals surface area contributed by atoms with Crippen molar-refractivity contribution in [1.29, 1.82) is 0 Å². The second-order valence-corrected chi connectivity index (χ2v) is 6.62. The van der Waals surface area contributed by atoms with Crippen molar-refractivity contribution in [2.45, 2.75) is 31.7 Å². The van der Waals surface area contributed by atoms with Gasteiger partial charge in [-0.25, -0.2) is 19.5 Å². The molecule has 24 heavy (non-hydrogen) atoms. The molecule has 0 amide bonds. The minimum Gasteiger partial charge on any atom is -0.250 e. The topological polar surface area (TPSA) is 68.9 Å². The molecule has 0 aliphatic heterocycles. The van der Waals surface area contributed by atoms with E-state index in [4.69, 9.17) is 4.98 Å². The number of fused-ring (bicyclic) bond motifs is 2. The van der Waals surface area contributed by atoms with Crippen molar-refractivity contribution in [3.05, 3.63) is 53.1 Å². The third-order valence-electron chi connectivity index (χ3n) is 3.78. The van der Waals surface area contributed by atoms with E-state index in [9.17, 15) is 0 Å². The molecule has 0 atom stereocenters. The highest BCUT2D eigenvalue weighted by atomic mass is 32.2. The molecule has 4 aromatic rings. The average Bonchev–Trinajstić information content (AvgIpc) is 2.96. The summed E-state index contributed by atoms with van der Waals surface area (Å²) in [5.74, 6) is 1.31. The summed E-state index contributed by atoms with van der Waals surface area (Å²) >= 11 is 1.55. The van der Waals surface area contributed by atoms with Crippen LogP contribution in [-0.2, 0) is 5.75 Å². The van der Waals surface area contributed by atoms with Crippen molar-refractivity contribution < 1.29 is 0 Å². The number of rotatable bonds is 3. The van der Waals surface area contributed by atoms with Crippen molar-refractivity contribution in [2.75, 3.05) is 0 Å². The second kappa shape index (κ2) is 5.83. The number of aryl methyl sites for hydroxylation is 3. The monoisotopic (exact) mass is 336 g/mol. The van der Waals surface area contributed by atoms with Gasteiger partial charge in [-0.1, -0.05) is 23.9 Å². The van der Waals surface area contributed by atoms with Gasteiger partial charge in [0.25, 0.3) is 5.78 Å². The van der Waals surface area contributed by atoms with Crippen LogP contribution < -0.4 is 0 Å². The molecule has 0 unspecified atom stereocenters. The Balaban J connectivity index is 1.63. The van der Waals surface area contributed by atoms with E-state index in [1.165, 1.54) is 0 Å². The summed E-state index contributed by atoms with van der Waals surface area (Å²) in [6.07, 6.45) is 0.